The highest BCUT2D eigenvalue weighted by Crippen LogP contribution is 2.34. The van der Waals surface area contributed by atoms with E-state index in [4.69, 9.17) is 19.9 Å². The van der Waals surface area contributed by atoms with Crippen LogP contribution in [-0.2, 0) is 6.42 Å². The molecule has 1 heterocycles. The molecule has 1 aliphatic heterocycles. The lowest BCUT2D eigenvalue weighted by Gasteiger charge is -2.15. The minimum atomic E-state index is -0.119. The number of hydrogen-bond donors (Lipinski definition) is 1. The topological polar surface area (TPSA) is 53.7 Å². The van der Waals surface area contributed by atoms with E-state index in [9.17, 15) is 0 Å². The largest absolute Gasteiger partial charge is 0.496 e. The van der Waals surface area contributed by atoms with Crippen molar-refractivity contribution in [2.75, 3.05) is 13.9 Å². The van der Waals surface area contributed by atoms with Gasteiger partial charge < -0.3 is 19.9 Å². The highest BCUT2D eigenvalue weighted by atomic mass is 16.7. The van der Waals surface area contributed by atoms with Gasteiger partial charge in [-0.2, -0.15) is 0 Å². The summed E-state index contributed by atoms with van der Waals surface area (Å²) in [5, 5.41) is 0. The summed E-state index contributed by atoms with van der Waals surface area (Å²) in [5.41, 5.74) is 8.42. The molecule has 1 aliphatic rings. The zero-order valence-electron chi connectivity index (χ0n) is 11.3. The number of rotatable bonds is 4. The smallest absolute Gasteiger partial charge is 0.231 e. The fourth-order valence-electron chi connectivity index (χ4n) is 2.40. The molecule has 1 unspecified atom stereocenters. The number of para-hydroxylation sites is 1. The Morgan fingerprint density at radius 3 is 2.80 bits per heavy atom. The number of ether oxygens (including phenoxy) is 3. The zero-order chi connectivity index (χ0) is 13.9. The Morgan fingerprint density at radius 2 is 1.95 bits per heavy atom. The van der Waals surface area contributed by atoms with Crippen molar-refractivity contribution in [2.24, 2.45) is 5.73 Å². The molecular formula is C16H17NO3. The average Bonchev–Trinajstić information content (AvgIpc) is 2.94. The molecule has 0 radical (unpaired) electrons. The molecule has 0 aromatic heterocycles. The molecule has 2 aromatic rings. The van der Waals surface area contributed by atoms with Crippen LogP contribution in [0.5, 0.6) is 17.2 Å². The summed E-state index contributed by atoms with van der Waals surface area (Å²) in [4.78, 5) is 0. The minimum Gasteiger partial charge on any atom is -0.496 e. The van der Waals surface area contributed by atoms with E-state index < -0.39 is 0 Å². The normalized spacial score (nSPS) is 14.1. The van der Waals surface area contributed by atoms with Crippen LogP contribution >= 0.6 is 0 Å². The van der Waals surface area contributed by atoms with Gasteiger partial charge in [-0.05, 0) is 30.2 Å². The zero-order valence-corrected chi connectivity index (χ0v) is 11.3. The van der Waals surface area contributed by atoms with E-state index in [-0.39, 0.29) is 12.8 Å². The van der Waals surface area contributed by atoms with E-state index in [1.807, 2.05) is 42.5 Å². The molecule has 0 bridgehead atoms. The fraction of sp³-hybridized carbons (Fsp3) is 0.250. The lowest BCUT2D eigenvalue weighted by Crippen LogP contribution is -2.14. The van der Waals surface area contributed by atoms with Gasteiger partial charge in [0, 0.05) is 11.6 Å². The summed E-state index contributed by atoms with van der Waals surface area (Å²) in [6.07, 6.45) is 0.719. The van der Waals surface area contributed by atoms with Crippen LogP contribution in [0.3, 0.4) is 0 Å². The predicted octanol–water partition coefficient (Wildman–Crippen LogP) is 2.67. The lowest BCUT2D eigenvalue weighted by atomic mass is 9.98. The fourth-order valence-corrected chi connectivity index (χ4v) is 2.40. The average molecular weight is 271 g/mol. The third-order valence-corrected chi connectivity index (χ3v) is 3.43. The van der Waals surface area contributed by atoms with Crippen LogP contribution in [-0.4, -0.2) is 13.9 Å². The van der Waals surface area contributed by atoms with Crippen LogP contribution in [0.15, 0.2) is 42.5 Å². The standard InChI is InChI=1S/C16H17NO3/c1-18-14-5-3-2-4-12(14)13(17)8-11-6-7-15-16(9-11)20-10-19-15/h2-7,9,13H,8,10,17H2,1H3. The maximum atomic E-state index is 6.30. The van der Waals surface area contributed by atoms with Crippen LogP contribution in [0.4, 0.5) is 0 Å². The van der Waals surface area contributed by atoms with Crippen LogP contribution in [0, 0.1) is 0 Å². The van der Waals surface area contributed by atoms with Crippen molar-refractivity contribution in [1.29, 1.82) is 0 Å². The molecule has 0 saturated heterocycles. The van der Waals surface area contributed by atoms with Crippen molar-refractivity contribution in [3.63, 3.8) is 0 Å². The first-order chi connectivity index (χ1) is 9.78. The van der Waals surface area contributed by atoms with Crippen molar-refractivity contribution in [1.82, 2.24) is 0 Å². The molecule has 0 spiro atoms. The SMILES string of the molecule is COc1ccccc1C(N)Cc1ccc2c(c1)OCO2. The highest BCUT2D eigenvalue weighted by molar-refractivity contribution is 5.45. The number of methoxy groups -OCH3 is 1. The van der Waals surface area contributed by atoms with E-state index in [0.29, 0.717) is 0 Å². The third kappa shape index (κ3) is 2.42. The monoisotopic (exact) mass is 271 g/mol. The Morgan fingerprint density at radius 1 is 1.15 bits per heavy atom. The van der Waals surface area contributed by atoms with Crippen LogP contribution in [0.25, 0.3) is 0 Å². The van der Waals surface area contributed by atoms with E-state index in [2.05, 4.69) is 0 Å². The Kier molecular flexibility index (Phi) is 3.48. The van der Waals surface area contributed by atoms with Gasteiger partial charge in [-0.25, -0.2) is 0 Å². The molecule has 0 fully saturated rings. The van der Waals surface area contributed by atoms with Crippen molar-refractivity contribution in [2.45, 2.75) is 12.5 Å². The number of hydrogen-bond acceptors (Lipinski definition) is 4. The molecule has 4 nitrogen and oxygen atoms in total. The first-order valence-corrected chi connectivity index (χ1v) is 6.55. The van der Waals surface area contributed by atoms with E-state index in [1.54, 1.807) is 7.11 Å². The quantitative estimate of drug-likeness (QED) is 0.929. The molecule has 2 aromatic carbocycles. The molecule has 2 N–H and O–H groups in total. The minimum absolute atomic E-state index is 0.119. The second kappa shape index (κ2) is 5.43. The number of benzene rings is 2. The summed E-state index contributed by atoms with van der Waals surface area (Å²) in [6.45, 7) is 0.289. The first kappa shape index (κ1) is 12.8. The van der Waals surface area contributed by atoms with Gasteiger partial charge in [-0.15, -0.1) is 0 Å². The summed E-state index contributed by atoms with van der Waals surface area (Å²) in [6, 6.07) is 13.6. The maximum absolute atomic E-state index is 6.30. The number of fused-ring (bicyclic) bond motifs is 1. The Hall–Kier alpha value is -2.20. The van der Waals surface area contributed by atoms with E-state index in [1.165, 1.54) is 0 Å². The maximum Gasteiger partial charge on any atom is 0.231 e. The molecule has 0 amide bonds. The highest BCUT2D eigenvalue weighted by Gasteiger charge is 2.16. The molecule has 20 heavy (non-hydrogen) atoms. The molecular weight excluding hydrogens is 254 g/mol. The van der Waals surface area contributed by atoms with Crippen LogP contribution in [0.2, 0.25) is 0 Å². The second-order valence-electron chi connectivity index (χ2n) is 4.74. The van der Waals surface area contributed by atoms with Gasteiger partial charge >= 0.3 is 0 Å². The van der Waals surface area contributed by atoms with Gasteiger partial charge in [0.1, 0.15) is 5.75 Å². The van der Waals surface area contributed by atoms with Crippen molar-refractivity contribution in [3.8, 4) is 17.2 Å². The van der Waals surface area contributed by atoms with E-state index in [0.717, 1.165) is 34.8 Å². The van der Waals surface area contributed by atoms with E-state index >= 15 is 0 Å². The second-order valence-corrected chi connectivity index (χ2v) is 4.74. The van der Waals surface area contributed by atoms with Crippen molar-refractivity contribution >= 4 is 0 Å². The molecule has 104 valence electrons. The van der Waals surface area contributed by atoms with Crippen molar-refractivity contribution < 1.29 is 14.2 Å². The summed E-state index contributed by atoms with van der Waals surface area (Å²) in [7, 11) is 1.66. The molecule has 0 aliphatic carbocycles. The molecule has 0 saturated carbocycles. The Bertz CT molecular complexity index is 612. The van der Waals surface area contributed by atoms with Gasteiger partial charge in [-0.1, -0.05) is 24.3 Å². The summed E-state index contributed by atoms with van der Waals surface area (Å²) in [5.74, 6) is 2.40. The van der Waals surface area contributed by atoms with Crippen LogP contribution < -0.4 is 19.9 Å². The van der Waals surface area contributed by atoms with Gasteiger partial charge in [0.2, 0.25) is 6.79 Å². The van der Waals surface area contributed by atoms with Gasteiger partial charge in [0.15, 0.2) is 11.5 Å². The van der Waals surface area contributed by atoms with Gasteiger partial charge in [-0.3, -0.25) is 0 Å². The third-order valence-electron chi connectivity index (χ3n) is 3.43. The number of nitrogens with two attached hydrogens (primary N) is 1. The van der Waals surface area contributed by atoms with Crippen LogP contribution in [0.1, 0.15) is 17.2 Å². The first-order valence-electron chi connectivity index (χ1n) is 6.55. The molecule has 4 heteroatoms. The summed E-state index contributed by atoms with van der Waals surface area (Å²) >= 11 is 0. The Labute approximate surface area is 118 Å². The molecule has 3 rings (SSSR count). The lowest BCUT2D eigenvalue weighted by molar-refractivity contribution is 0.174. The predicted molar refractivity (Wildman–Crippen MR) is 76.2 cm³/mol. The molecule has 1 atom stereocenters. The van der Waals surface area contributed by atoms with Gasteiger partial charge in [0.25, 0.3) is 0 Å². The van der Waals surface area contributed by atoms with Gasteiger partial charge in [0.05, 0.1) is 7.11 Å². The van der Waals surface area contributed by atoms with Crippen molar-refractivity contribution in [3.05, 3.63) is 53.6 Å². The Balaban J connectivity index is 1.80. The summed E-state index contributed by atoms with van der Waals surface area (Å²) < 4.78 is 16.0.